The Balaban J connectivity index is 1.07. The summed E-state index contributed by atoms with van der Waals surface area (Å²) < 4.78 is 34.1. The van der Waals surface area contributed by atoms with Crippen LogP contribution in [-0.2, 0) is 11.2 Å². The van der Waals surface area contributed by atoms with Gasteiger partial charge < -0.3 is 25.2 Å². The van der Waals surface area contributed by atoms with Crippen LogP contribution in [0.1, 0.15) is 80.0 Å². The second kappa shape index (κ2) is 14.7. The molecule has 0 bridgehead atoms. The quantitative estimate of drug-likeness (QED) is 0.198. The minimum atomic E-state index is -0.856. The van der Waals surface area contributed by atoms with E-state index >= 15 is 0 Å². The number of benzene rings is 2. The highest BCUT2D eigenvalue weighted by molar-refractivity contribution is 7.15. The van der Waals surface area contributed by atoms with Crippen LogP contribution in [0, 0.1) is 24.0 Å². The molecule has 0 radical (unpaired) electrons. The standard InChI is InChI=1S/C41H41F2N5O4S/c1-24(2)18-30-26(4)48(15-12-28-20-34(53-36(28)30)39(50)46-35-32(42)6-5-7-33(35)43)40(51)27-8-10-29(11-9-27)45-38(49)31-19-25(3)21-44-37(31)47-22-41(23-47)13-16-52-17-14-41/h5-11,18-21H,12-17,22-23H2,1-4H3,(H,45,49)(H,46,50). The summed E-state index contributed by atoms with van der Waals surface area (Å²) in [5, 5.41) is 5.37. The minimum absolute atomic E-state index is 0.201. The van der Waals surface area contributed by atoms with Crippen molar-refractivity contribution in [2.24, 2.45) is 5.41 Å². The van der Waals surface area contributed by atoms with E-state index in [1.165, 1.54) is 17.4 Å². The Morgan fingerprint density at radius 1 is 0.943 bits per heavy atom. The maximum Gasteiger partial charge on any atom is 0.265 e. The Morgan fingerprint density at radius 2 is 1.64 bits per heavy atom. The number of ether oxygens (including phenoxy) is 1. The first-order valence-corrected chi connectivity index (χ1v) is 18.5. The Bertz CT molecular complexity index is 2140. The topological polar surface area (TPSA) is 104 Å². The van der Waals surface area contributed by atoms with Gasteiger partial charge in [0, 0.05) is 71.9 Å². The highest BCUT2D eigenvalue weighted by atomic mass is 32.1. The molecule has 0 atom stereocenters. The number of rotatable bonds is 7. The van der Waals surface area contributed by atoms with Crippen molar-refractivity contribution in [1.29, 1.82) is 0 Å². The number of fused-ring (bicyclic) bond motifs is 1. The predicted octanol–water partition coefficient (Wildman–Crippen LogP) is 8.25. The van der Waals surface area contributed by atoms with E-state index in [0.717, 1.165) is 78.4 Å². The molecule has 12 heteroatoms. The number of halogens is 2. The lowest BCUT2D eigenvalue weighted by Gasteiger charge is -2.53. The Kier molecular flexibility index (Phi) is 10.0. The van der Waals surface area contributed by atoms with Gasteiger partial charge in [-0.1, -0.05) is 17.7 Å². The molecule has 2 aromatic heterocycles. The lowest BCUT2D eigenvalue weighted by atomic mass is 9.73. The van der Waals surface area contributed by atoms with Crippen LogP contribution in [0.5, 0.6) is 0 Å². The normalized spacial score (nSPS) is 16.4. The van der Waals surface area contributed by atoms with Crippen LogP contribution in [0.2, 0.25) is 0 Å². The second-order valence-corrected chi connectivity index (χ2v) is 15.4. The van der Waals surface area contributed by atoms with Crippen molar-refractivity contribution < 1.29 is 27.9 Å². The van der Waals surface area contributed by atoms with Crippen LogP contribution in [0.3, 0.4) is 0 Å². The number of nitrogens with one attached hydrogen (secondary N) is 2. The van der Waals surface area contributed by atoms with E-state index in [2.05, 4.69) is 20.5 Å². The molecule has 2 N–H and O–H groups in total. The zero-order chi connectivity index (χ0) is 37.4. The minimum Gasteiger partial charge on any atom is -0.381 e. The van der Waals surface area contributed by atoms with Crippen molar-refractivity contribution in [2.45, 2.75) is 47.0 Å². The fourth-order valence-corrected chi connectivity index (χ4v) is 8.41. The van der Waals surface area contributed by atoms with E-state index in [-0.39, 0.29) is 17.2 Å². The summed E-state index contributed by atoms with van der Waals surface area (Å²) in [6.07, 6.45) is 6.26. The van der Waals surface area contributed by atoms with Gasteiger partial charge >= 0.3 is 0 Å². The highest BCUT2D eigenvalue weighted by Crippen LogP contribution is 2.43. The van der Waals surface area contributed by atoms with Crippen LogP contribution in [0.25, 0.3) is 5.57 Å². The largest absolute Gasteiger partial charge is 0.381 e. The van der Waals surface area contributed by atoms with Gasteiger partial charge in [-0.15, -0.1) is 11.3 Å². The van der Waals surface area contributed by atoms with Crippen molar-refractivity contribution in [2.75, 3.05) is 48.4 Å². The number of allylic oxidation sites excluding steroid dienone is 4. The fraction of sp³-hybridized carbons (Fsp3) is 0.317. The van der Waals surface area contributed by atoms with Crippen LogP contribution in [0.4, 0.5) is 26.0 Å². The van der Waals surface area contributed by atoms with Crippen molar-refractivity contribution in [3.05, 3.63) is 122 Å². The summed E-state index contributed by atoms with van der Waals surface area (Å²) in [4.78, 5) is 50.4. The summed E-state index contributed by atoms with van der Waals surface area (Å²) >= 11 is 1.22. The SMILES string of the molecule is CC(C)=CC1=C(C)N(C(=O)c2ccc(NC(=O)c3cc(C)cnc3N3CC4(CCOCC4)C3)cc2)CCc2cc(C(=O)Nc3c(F)cccc3F)sc21. The average Bonchev–Trinajstić information content (AvgIpc) is 3.50. The van der Waals surface area contributed by atoms with E-state index in [1.54, 1.807) is 41.4 Å². The van der Waals surface area contributed by atoms with E-state index in [1.807, 2.05) is 39.8 Å². The van der Waals surface area contributed by atoms with Gasteiger partial charge in [0.25, 0.3) is 17.7 Å². The molecule has 0 aliphatic carbocycles. The first-order chi connectivity index (χ1) is 25.4. The van der Waals surface area contributed by atoms with Gasteiger partial charge in [-0.2, -0.15) is 0 Å². The molecule has 0 saturated carbocycles. The number of para-hydroxylation sites is 1. The lowest BCUT2D eigenvalue weighted by molar-refractivity contribution is -0.000511. The molecule has 4 aromatic rings. The van der Waals surface area contributed by atoms with E-state index in [9.17, 15) is 23.2 Å². The average molecular weight is 738 g/mol. The first kappa shape index (κ1) is 36.2. The van der Waals surface area contributed by atoms with Crippen molar-refractivity contribution >= 4 is 51.8 Å². The molecule has 2 aromatic carbocycles. The number of hydrogen-bond donors (Lipinski definition) is 2. The Hall–Kier alpha value is -5.20. The molecule has 274 valence electrons. The lowest BCUT2D eigenvalue weighted by Crippen LogP contribution is -2.59. The van der Waals surface area contributed by atoms with Crippen molar-refractivity contribution in [1.82, 2.24) is 9.88 Å². The summed E-state index contributed by atoms with van der Waals surface area (Å²) in [5.41, 5.74) is 5.52. The van der Waals surface area contributed by atoms with Gasteiger partial charge in [-0.25, -0.2) is 13.8 Å². The van der Waals surface area contributed by atoms with Gasteiger partial charge in [0.2, 0.25) is 0 Å². The number of pyridine rings is 1. The molecule has 7 rings (SSSR count). The fourth-order valence-electron chi connectivity index (χ4n) is 7.23. The number of thiophene rings is 1. The number of nitrogens with zero attached hydrogens (tertiary/aromatic N) is 3. The maximum absolute atomic E-state index is 14.3. The number of anilines is 3. The zero-order valence-corrected chi connectivity index (χ0v) is 31.0. The molecule has 3 aliphatic heterocycles. The molecule has 5 heterocycles. The number of amides is 3. The maximum atomic E-state index is 14.3. The molecular weight excluding hydrogens is 697 g/mol. The Morgan fingerprint density at radius 3 is 2.32 bits per heavy atom. The van der Waals surface area contributed by atoms with Gasteiger partial charge in [0.05, 0.1) is 10.4 Å². The third-order valence-corrected chi connectivity index (χ3v) is 11.3. The molecular formula is C41H41F2N5O4S. The monoisotopic (exact) mass is 737 g/mol. The van der Waals surface area contributed by atoms with Gasteiger partial charge in [0.1, 0.15) is 23.1 Å². The first-order valence-electron chi connectivity index (χ1n) is 17.7. The summed E-state index contributed by atoms with van der Waals surface area (Å²) in [6.45, 7) is 11.3. The molecule has 3 aliphatic rings. The van der Waals surface area contributed by atoms with E-state index < -0.39 is 23.2 Å². The molecule has 2 saturated heterocycles. The van der Waals surface area contributed by atoms with E-state index in [4.69, 9.17) is 4.74 Å². The molecule has 0 unspecified atom stereocenters. The smallest absolute Gasteiger partial charge is 0.265 e. The predicted molar refractivity (Wildman–Crippen MR) is 203 cm³/mol. The number of carbonyl (C=O) groups is 3. The second-order valence-electron chi connectivity index (χ2n) is 14.3. The van der Waals surface area contributed by atoms with Crippen LogP contribution >= 0.6 is 11.3 Å². The van der Waals surface area contributed by atoms with Crippen LogP contribution in [-0.4, -0.2) is 60.5 Å². The molecule has 2 fully saturated rings. The number of aryl methyl sites for hydroxylation is 1. The number of aromatic nitrogens is 1. The summed E-state index contributed by atoms with van der Waals surface area (Å²) in [5.74, 6) is -2.11. The number of carbonyl (C=O) groups excluding carboxylic acids is 3. The van der Waals surface area contributed by atoms with Crippen LogP contribution in [0.15, 0.2) is 78.1 Å². The summed E-state index contributed by atoms with van der Waals surface area (Å²) in [6, 6.07) is 13.9. The zero-order valence-electron chi connectivity index (χ0n) is 30.1. The van der Waals surface area contributed by atoms with Gasteiger partial charge in [0.15, 0.2) is 0 Å². The van der Waals surface area contributed by atoms with Crippen LogP contribution < -0.4 is 15.5 Å². The molecule has 53 heavy (non-hydrogen) atoms. The Labute approximate surface area is 311 Å². The highest BCUT2D eigenvalue weighted by Gasteiger charge is 2.45. The molecule has 1 spiro atoms. The molecule has 9 nitrogen and oxygen atoms in total. The van der Waals surface area contributed by atoms with E-state index in [0.29, 0.717) is 46.2 Å². The van der Waals surface area contributed by atoms with Gasteiger partial charge in [-0.05, 0) is 107 Å². The molecule has 3 amide bonds. The van der Waals surface area contributed by atoms with Crippen molar-refractivity contribution in [3.63, 3.8) is 0 Å². The summed E-state index contributed by atoms with van der Waals surface area (Å²) in [7, 11) is 0. The number of hydrogen-bond acceptors (Lipinski definition) is 7. The third kappa shape index (κ3) is 7.38. The van der Waals surface area contributed by atoms with Crippen molar-refractivity contribution in [3.8, 4) is 0 Å². The van der Waals surface area contributed by atoms with Gasteiger partial charge in [-0.3, -0.25) is 14.4 Å². The third-order valence-electron chi connectivity index (χ3n) is 10.1.